The highest BCUT2D eigenvalue weighted by molar-refractivity contribution is 5.81. The molecule has 1 aliphatic heterocycles. The van der Waals surface area contributed by atoms with E-state index in [2.05, 4.69) is 54.0 Å². The van der Waals surface area contributed by atoms with Gasteiger partial charge >= 0.3 is 0 Å². The Balaban J connectivity index is 1.60. The molecule has 2 heterocycles. The van der Waals surface area contributed by atoms with Gasteiger partial charge in [0.2, 0.25) is 5.91 Å². The number of rotatable bonds is 7. The summed E-state index contributed by atoms with van der Waals surface area (Å²) in [5, 5.41) is 0. The molecule has 4 rings (SSSR count). The highest BCUT2D eigenvalue weighted by Crippen LogP contribution is 2.30. The first-order valence-electron chi connectivity index (χ1n) is 10.2. The van der Waals surface area contributed by atoms with Gasteiger partial charge in [0.25, 0.3) is 0 Å². The van der Waals surface area contributed by atoms with Gasteiger partial charge in [-0.25, -0.2) is 4.98 Å². The minimum Gasteiger partial charge on any atom is -0.342 e. The van der Waals surface area contributed by atoms with Crippen molar-refractivity contribution in [3.63, 3.8) is 0 Å². The first-order valence-corrected chi connectivity index (χ1v) is 10.2. The molecule has 0 spiro atoms. The van der Waals surface area contributed by atoms with E-state index in [1.54, 1.807) is 0 Å². The van der Waals surface area contributed by atoms with Crippen molar-refractivity contribution < 1.29 is 4.79 Å². The number of likely N-dealkylation sites (tertiary alicyclic amines) is 1. The molecule has 1 amide bonds. The molecule has 0 bridgehead atoms. The Morgan fingerprint density at radius 2 is 1.89 bits per heavy atom. The molecule has 1 atom stereocenters. The Hall–Kier alpha value is -2.88. The molecule has 144 valence electrons. The van der Waals surface area contributed by atoms with E-state index in [-0.39, 0.29) is 11.8 Å². The number of carbonyl (C=O) groups excluding carboxylic acids is 1. The number of fused-ring (bicyclic) bond motifs is 1. The monoisotopic (exact) mass is 373 g/mol. The molecule has 0 saturated carbocycles. The molecule has 4 nitrogen and oxygen atoms in total. The molecule has 1 aliphatic rings. The summed E-state index contributed by atoms with van der Waals surface area (Å²) in [6.45, 7) is 4.56. The number of benzene rings is 2. The molecule has 2 aromatic carbocycles. The van der Waals surface area contributed by atoms with E-state index in [4.69, 9.17) is 4.98 Å². The SMILES string of the molecule is CCCCN1CC(c2nc3ccccc3n2CC=Cc2ccccc2)CC1=O. The second-order valence-electron chi connectivity index (χ2n) is 7.48. The van der Waals surface area contributed by atoms with Crippen molar-refractivity contribution in [3.05, 3.63) is 72.1 Å². The van der Waals surface area contributed by atoms with Crippen molar-refractivity contribution >= 4 is 23.0 Å². The number of carbonyl (C=O) groups is 1. The second kappa shape index (κ2) is 8.42. The number of hydrogen-bond acceptors (Lipinski definition) is 2. The molecule has 28 heavy (non-hydrogen) atoms. The molecule has 1 aromatic heterocycles. The van der Waals surface area contributed by atoms with Gasteiger partial charge in [-0.2, -0.15) is 0 Å². The summed E-state index contributed by atoms with van der Waals surface area (Å²) >= 11 is 0. The molecular weight excluding hydrogens is 346 g/mol. The molecule has 4 heteroatoms. The predicted octanol–water partition coefficient (Wildman–Crippen LogP) is 4.87. The van der Waals surface area contributed by atoms with Crippen LogP contribution in [0.25, 0.3) is 17.1 Å². The van der Waals surface area contributed by atoms with Gasteiger partial charge in [-0.3, -0.25) is 4.79 Å². The van der Waals surface area contributed by atoms with Gasteiger partial charge in [0, 0.05) is 32.0 Å². The van der Waals surface area contributed by atoms with E-state index in [0.29, 0.717) is 6.42 Å². The average Bonchev–Trinajstić information content (AvgIpc) is 3.28. The summed E-state index contributed by atoms with van der Waals surface area (Å²) in [4.78, 5) is 19.4. The Morgan fingerprint density at radius 3 is 2.71 bits per heavy atom. The molecule has 0 N–H and O–H groups in total. The fourth-order valence-electron chi connectivity index (χ4n) is 3.97. The fraction of sp³-hybridized carbons (Fsp3) is 0.333. The summed E-state index contributed by atoms with van der Waals surface area (Å²) < 4.78 is 2.27. The number of nitrogens with zero attached hydrogens (tertiary/aromatic N) is 3. The van der Waals surface area contributed by atoms with Crippen LogP contribution in [-0.4, -0.2) is 33.4 Å². The van der Waals surface area contributed by atoms with Crippen LogP contribution < -0.4 is 0 Å². The van der Waals surface area contributed by atoms with Crippen molar-refractivity contribution in [1.29, 1.82) is 0 Å². The van der Waals surface area contributed by atoms with Gasteiger partial charge < -0.3 is 9.47 Å². The Labute approximate surface area is 166 Å². The minimum absolute atomic E-state index is 0.168. The van der Waals surface area contributed by atoms with Crippen LogP contribution in [0.5, 0.6) is 0 Å². The quantitative estimate of drug-likeness (QED) is 0.593. The largest absolute Gasteiger partial charge is 0.342 e. The zero-order valence-electron chi connectivity index (χ0n) is 16.4. The van der Waals surface area contributed by atoms with Crippen LogP contribution in [0.15, 0.2) is 60.7 Å². The topological polar surface area (TPSA) is 38.1 Å². The van der Waals surface area contributed by atoms with Crippen molar-refractivity contribution in [1.82, 2.24) is 14.5 Å². The van der Waals surface area contributed by atoms with Crippen molar-refractivity contribution in [3.8, 4) is 0 Å². The van der Waals surface area contributed by atoms with Crippen LogP contribution in [0.4, 0.5) is 0 Å². The lowest BCUT2D eigenvalue weighted by molar-refractivity contribution is -0.127. The van der Waals surface area contributed by atoms with Crippen LogP contribution >= 0.6 is 0 Å². The third kappa shape index (κ3) is 3.86. The number of para-hydroxylation sites is 2. The van der Waals surface area contributed by atoms with E-state index >= 15 is 0 Å². The Morgan fingerprint density at radius 1 is 1.11 bits per heavy atom. The van der Waals surface area contributed by atoms with Crippen molar-refractivity contribution in [2.24, 2.45) is 0 Å². The van der Waals surface area contributed by atoms with E-state index in [9.17, 15) is 4.79 Å². The number of imidazole rings is 1. The second-order valence-corrected chi connectivity index (χ2v) is 7.48. The van der Waals surface area contributed by atoms with Gasteiger partial charge in [0.1, 0.15) is 5.82 Å². The molecule has 1 unspecified atom stereocenters. The lowest BCUT2D eigenvalue weighted by atomic mass is 10.1. The molecule has 0 radical (unpaired) electrons. The molecule has 1 saturated heterocycles. The smallest absolute Gasteiger partial charge is 0.223 e. The van der Waals surface area contributed by atoms with Crippen molar-refractivity contribution in [2.75, 3.05) is 13.1 Å². The summed E-state index contributed by atoms with van der Waals surface area (Å²) in [6.07, 6.45) is 7.06. The van der Waals surface area contributed by atoms with Gasteiger partial charge in [-0.05, 0) is 24.1 Å². The molecule has 0 aliphatic carbocycles. The highest BCUT2D eigenvalue weighted by Gasteiger charge is 2.33. The standard InChI is InChI=1S/C24H27N3O/c1-2-3-15-26-18-20(17-23(26)28)24-25-21-13-7-8-14-22(21)27(24)16-9-12-19-10-5-4-6-11-19/h4-14,20H,2-3,15-18H2,1H3. The number of hydrogen-bond donors (Lipinski definition) is 0. The summed E-state index contributed by atoms with van der Waals surface area (Å²) in [5.41, 5.74) is 3.33. The zero-order chi connectivity index (χ0) is 19.3. The van der Waals surface area contributed by atoms with Gasteiger partial charge in [-0.1, -0.05) is 68.0 Å². The Bertz CT molecular complexity index is 974. The predicted molar refractivity (Wildman–Crippen MR) is 114 cm³/mol. The summed E-state index contributed by atoms with van der Waals surface area (Å²) in [7, 11) is 0. The Kier molecular flexibility index (Phi) is 5.56. The third-order valence-corrected chi connectivity index (χ3v) is 5.44. The molecule has 3 aromatic rings. The van der Waals surface area contributed by atoms with Crippen LogP contribution in [0.3, 0.4) is 0 Å². The van der Waals surface area contributed by atoms with E-state index in [1.165, 1.54) is 5.56 Å². The number of unbranched alkanes of at least 4 members (excludes halogenated alkanes) is 1. The van der Waals surface area contributed by atoms with Crippen LogP contribution in [0.2, 0.25) is 0 Å². The molecule has 1 fully saturated rings. The summed E-state index contributed by atoms with van der Waals surface area (Å²) in [5.74, 6) is 1.46. The van der Waals surface area contributed by atoms with Gasteiger partial charge in [-0.15, -0.1) is 0 Å². The number of allylic oxidation sites excluding steroid dienone is 1. The minimum atomic E-state index is 0.168. The van der Waals surface area contributed by atoms with Crippen LogP contribution in [-0.2, 0) is 11.3 Å². The maximum absolute atomic E-state index is 12.5. The fourth-order valence-corrected chi connectivity index (χ4v) is 3.97. The van der Waals surface area contributed by atoms with E-state index in [0.717, 1.165) is 49.3 Å². The van der Waals surface area contributed by atoms with Gasteiger partial charge in [0.05, 0.1) is 11.0 Å². The highest BCUT2D eigenvalue weighted by atomic mass is 16.2. The first kappa shape index (κ1) is 18.5. The lowest BCUT2D eigenvalue weighted by Gasteiger charge is -2.16. The zero-order valence-corrected chi connectivity index (χ0v) is 16.4. The maximum atomic E-state index is 12.5. The molecular formula is C24H27N3O. The maximum Gasteiger partial charge on any atom is 0.223 e. The lowest BCUT2D eigenvalue weighted by Crippen LogP contribution is -2.26. The normalized spacial score (nSPS) is 17.2. The third-order valence-electron chi connectivity index (χ3n) is 5.44. The van der Waals surface area contributed by atoms with Crippen molar-refractivity contribution in [2.45, 2.75) is 38.6 Å². The number of aromatic nitrogens is 2. The van der Waals surface area contributed by atoms with Crippen LogP contribution in [0.1, 0.15) is 43.5 Å². The average molecular weight is 374 g/mol. The first-order chi connectivity index (χ1) is 13.8. The van der Waals surface area contributed by atoms with Gasteiger partial charge in [0.15, 0.2) is 0 Å². The number of amides is 1. The van der Waals surface area contributed by atoms with E-state index in [1.807, 2.05) is 29.2 Å². The van der Waals surface area contributed by atoms with Crippen LogP contribution in [0, 0.1) is 0 Å². The summed E-state index contributed by atoms with van der Waals surface area (Å²) in [6, 6.07) is 18.6. The van der Waals surface area contributed by atoms with E-state index < -0.39 is 0 Å².